The standard InChI is InChI=1S/C54H45IO22/c55-54-53(72)40(36-30(66)11-20(57)13-34(36)76-54)43-51-41(44(69)42(52(43)77-54)38-35-29(65)10-19(56)12-33(35)73-48(45(38)70)17-2-5-23(59)27(63)8-17)39(46(71)49(75-51)18-3-6-24(60)28(64)9-18)37-31(67)15-25(61)21-14-32(68)47(74-50(21)37)16-1-4-22(58)26(62)7-16/h1-9,11-13,15,29,32,38-40,45-49,53,56-72H,10,14H2/t29?,32-,38+,39-,40+,45+,46+,47+,48+,49+,53+,54+/m0/s1. The van der Waals surface area contributed by atoms with E-state index in [1.165, 1.54) is 18.2 Å². The number of aliphatic hydroxyl groups excluding tert-OH is 6. The first-order chi connectivity index (χ1) is 36.5. The van der Waals surface area contributed by atoms with E-state index in [0.29, 0.717) is 0 Å². The largest absolute Gasteiger partial charge is 0.512 e. The molecule has 6 aliphatic rings. The molecule has 0 aromatic heterocycles. The Labute approximate surface area is 446 Å². The number of phenols is 11. The number of fused-ring (bicyclic) bond motifs is 9. The van der Waals surface area contributed by atoms with Crippen molar-refractivity contribution in [1.82, 2.24) is 0 Å². The van der Waals surface area contributed by atoms with Crippen LogP contribution in [0, 0.1) is 0 Å². The molecule has 0 fully saturated rings. The second kappa shape index (κ2) is 17.5. The minimum atomic E-state index is -2.24. The van der Waals surface area contributed by atoms with Gasteiger partial charge in [-0.15, -0.1) is 0 Å². The van der Waals surface area contributed by atoms with E-state index in [1.807, 2.05) is 0 Å². The van der Waals surface area contributed by atoms with Crippen LogP contribution in [-0.4, -0.2) is 121 Å². The van der Waals surface area contributed by atoms with Gasteiger partial charge < -0.3 is 110 Å². The van der Waals surface area contributed by atoms with Crippen molar-refractivity contribution < 1.29 is 110 Å². The van der Waals surface area contributed by atoms with Crippen LogP contribution in [0.5, 0.6) is 86.2 Å². The van der Waals surface area contributed by atoms with Gasteiger partial charge in [-0.3, -0.25) is 0 Å². The zero-order valence-corrected chi connectivity index (χ0v) is 41.4. The summed E-state index contributed by atoms with van der Waals surface area (Å²) in [4.78, 5) is 0. The lowest BCUT2D eigenvalue weighted by Crippen LogP contribution is -2.56. The maximum Gasteiger partial charge on any atom is 0.330 e. The van der Waals surface area contributed by atoms with E-state index in [4.69, 9.17) is 23.7 Å². The third-order valence-corrected chi connectivity index (χ3v) is 16.2. The fourth-order valence-corrected chi connectivity index (χ4v) is 12.5. The van der Waals surface area contributed by atoms with Gasteiger partial charge in [0, 0.05) is 105 Å². The molecule has 12 atom stereocenters. The van der Waals surface area contributed by atoms with Crippen molar-refractivity contribution in [3.8, 4) is 86.2 Å². The lowest BCUT2D eigenvalue weighted by atomic mass is 9.69. The number of benzene rings is 6. The van der Waals surface area contributed by atoms with Crippen LogP contribution < -0.4 is 18.9 Å². The molecule has 22 nitrogen and oxygen atoms in total. The number of allylic oxidation sites excluding steroid dienone is 1. The van der Waals surface area contributed by atoms with Gasteiger partial charge in [-0.05, 0) is 53.1 Å². The summed E-state index contributed by atoms with van der Waals surface area (Å²) >= 11 is 1.63. The molecular formula is C54H45IO22. The summed E-state index contributed by atoms with van der Waals surface area (Å²) in [6.07, 6.45) is -13.5. The number of hydrogen-bond donors (Lipinski definition) is 17. The Hall–Kier alpha value is -8.07. The summed E-state index contributed by atoms with van der Waals surface area (Å²) in [5.41, 5.74) is -2.01. The maximum absolute atomic E-state index is 13.6. The molecule has 2 bridgehead atoms. The van der Waals surface area contributed by atoms with Crippen LogP contribution in [0.1, 0.15) is 92.6 Å². The van der Waals surface area contributed by atoms with E-state index in [1.54, 1.807) is 22.6 Å². The first kappa shape index (κ1) is 49.8. The number of ether oxygens (including phenoxy) is 5. The third kappa shape index (κ3) is 7.46. The molecule has 12 rings (SSSR count). The Kier molecular flexibility index (Phi) is 11.3. The average molecular weight is 1170 g/mol. The number of hydrogen-bond acceptors (Lipinski definition) is 22. The maximum atomic E-state index is 13.6. The van der Waals surface area contributed by atoms with Gasteiger partial charge in [0.2, 0.25) is 0 Å². The molecule has 6 aromatic carbocycles. The smallest absolute Gasteiger partial charge is 0.330 e. The summed E-state index contributed by atoms with van der Waals surface area (Å²) in [5.74, 6) is -14.3. The minimum Gasteiger partial charge on any atom is -0.512 e. The number of rotatable bonds is 5. The van der Waals surface area contributed by atoms with Gasteiger partial charge in [-0.25, -0.2) is 0 Å². The summed E-state index contributed by atoms with van der Waals surface area (Å²) in [6, 6.07) is 13.5. The van der Waals surface area contributed by atoms with Crippen LogP contribution in [0.25, 0.3) is 0 Å². The molecule has 0 saturated carbocycles. The van der Waals surface area contributed by atoms with Crippen LogP contribution in [0.3, 0.4) is 0 Å². The highest BCUT2D eigenvalue weighted by atomic mass is 127. The fraction of sp³-hybridized carbons (Fsp3) is 0.259. The van der Waals surface area contributed by atoms with E-state index in [9.17, 15) is 86.8 Å². The van der Waals surface area contributed by atoms with Crippen LogP contribution in [0.2, 0.25) is 0 Å². The van der Waals surface area contributed by atoms with Crippen molar-refractivity contribution in [1.29, 1.82) is 0 Å². The molecular weight excluding hydrogens is 1130 g/mol. The highest BCUT2D eigenvalue weighted by Gasteiger charge is 2.61. The van der Waals surface area contributed by atoms with Gasteiger partial charge in [0.05, 0.1) is 29.8 Å². The molecule has 0 amide bonds. The van der Waals surface area contributed by atoms with Crippen LogP contribution in [-0.2, 0) is 11.2 Å². The van der Waals surface area contributed by atoms with Crippen molar-refractivity contribution in [2.24, 2.45) is 0 Å². The summed E-state index contributed by atoms with van der Waals surface area (Å²) in [6.45, 7) is 0. The Morgan fingerprint density at radius 3 is 1.61 bits per heavy atom. The SMILES string of the molecule is OC1=CC2=C(C(O)C1)[C@H](c1c(O)c3c(c4c1O[C@]1(I)Oc5cc(O)cc(O)c5[C@H]4[C@H]1O)O[C@H](c1ccc(O)c(O)c1)[C@H](O)[C@H]3c1c(O)cc(O)c3c1O[C@H](c1ccc(O)c(O)c1)[C@@H](O)C3)[C@@H](O)[C@@H](c1ccc(O)c(O)c1)O2. The Balaban J connectivity index is 1.21. The molecule has 400 valence electrons. The monoisotopic (exact) mass is 1170 g/mol. The van der Waals surface area contributed by atoms with Gasteiger partial charge in [0.15, 0.2) is 52.8 Å². The second-order valence-electron chi connectivity index (χ2n) is 19.7. The van der Waals surface area contributed by atoms with Crippen LogP contribution >= 0.6 is 22.6 Å². The first-order valence-electron chi connectivity index (χ1n) is 23.8. The molecule has 5 aliphatic heterocycles. The van der Waals surface area contributed by atoms with Crippen LogP contribution in [0.4, 0.5) is 0 Å². The predicted octanol–water partition coefficient (Wildman–Crippen LogP) is 5.15. The van der Waals surface area contributed by atoms with Gasteiger partial charge in [-0.2, -0.15) is 0 Å². The summed E-state index contributed by atoms with van der Waals surface area (Å²) in [5, 5.41) is 196. The highest BCUT2D eigenvalue weighted by Crippen LogP contribution is 2.68. The lowest BCUT2D eigenvalue weighted by molar-refractivity contribution is -0.131. The van der Waals surface area contributed by atoms with Crippen molar-refractivity contribution in [2.75, 3.05) is 0 Å². The molecule has 6 aromatic rings. The molecule has 1 aliphatic carbocycles. The number of phenolic OH excluding ortho intramolecular Hbond substituents is 11. The number of aromatic hydroxyl groups is 11. The van der Waals surface area contributed by atoms with Crippen molar-refractivity contribution in [3.63, 3.8) is 0 Å². The third-order valence-electron chi connectivity index (χ3n) is 15.2. The number of halogens is 1. The zero-order chi connectivity index (χ0) is 54.6. The minimum absolute atomic E-state index is 0.0253. The normalized spacial score (nSPS) is 28.6. The predicted molar refractivity (Wildman–Crippen MR) is 268 cm³/mol. The van der Waals surface area contributed by atoms with Crippen molar-refractivity contribution in [2.45, 2.75) is 83.2 Å². The topological polar surface area (TPSA) is 390 Å². The second-order valence-corrected chi connectivity index (χ2v) is 21.2. The highest BCUT2D eigenvalue weighted by molar-refractivity contribution is 14.1. The van der Waals surface area contributed by atoms with E-state index in [0.717, 1.165) is 60.7 Å². The Morgan fingerprint density at radius 2 is 1.00 bits per heavy atom. The molecule has 23 heteroatoms. The van der Waals surface area contributed by atoms with Gasteiger partial charge in [-0.1, -0.05) is 18.2 Å². The van der Waals surface area contributed by atoms with Gasteiger partial charge in [0.25, 0.3) is 0 Å². The van der Waals surface area contributed by atoms with E-state index < -0.39 is 175 Å². The van der Waals surface area contributed by atoms with Crippen molar-refractivity contribution >= 4 is 22.6 Å². The van der Waals surface area contributed by atoms with E-state index in [-0.39, 0.29) is 62.0 Å². The Bertz CT molecular complexity index is 3580. The molecule has 0 saturated heterocycles. The molecule has 17 N–H and O–H groups in total. The quantitative estimate of drug-likeness (QED) is 0.0602. The molecule has 1 unspecified atom stereocenters. The molecule has 77 heavy (non-hydrogen) atoms. The fourth-order valence-electron chi connectivity index (χ4n) is 11.7. The van der Waals surface area contributed by atoms with Crippen molar-refractivity contribution in [3.05, 3.63) is 146 Å². The Morgan fingerprint density at radius 1 is 0.455 bits per heavy atom. The molecule has 5 heterocycles. The van der Waals surface area contributed by atoms with Gasteiger partial charge >= 0.3 is 3.79 Å². The number of alkyl halides is 1. The van der Waals surface area contributed by atoms with Crippen LogP contribution in [0.15, 0.2) is 96.0 Å². The summed E-state index contributed by atoms with van der Waals surface area (Å²) < 4.78 is 30.3. The van der Waals surface area contributed by atoms with E-state index in [2.05, 4.69) is 0 Å². The first-order valence-corrected chi connectivity index (χ1v) is 24.9. The zero-order valence-electron chi connectivity index (χ0n) is 39.3. The number of aliphatic hydroxyl groups is 6. The molecule has 0 spiro atoms. The van der Waals surface area contributed by atoms with Gasteiger partial charge in [0.1, 0.15) is 75.8 Å². The lowest BCUT2D eigenvalue weighted by Gasteiger charge is -2.50. The summed E-state index contributed by atoms with van der Waals surface area (Å²) in [7, 11) is 0. The van der Waals surface area contributed by atoms with E-state index >= 15 is 0 Å². The molecule has 0 radical (unpaired) electrons. The average Bonchev–Trinajstić information content (AvgIpc) is 3.50.